The topological polar surface area (TPSA) is 78.9 Å². The van der Waals surface area contributed by atoms with E-state index in [4.69, 9.17) is 14.2 Å². The predicted molar refractivity (Wildman–Crippen MR) is 67.6 cm³/mol. The van der Waals surface area contributed by atoms with Crippen molar-refractivity contribution in [2.75, 3.05) is 6.61 Å². The van der Waals surface area contributed by atoms with Crippen molar-refractivity contribution in [3.8, 4) is 0 Å². The maximum absolute atomic E-state index is 11.7. The van der Waals surface area contributed by atoms with Gasteiger partial charge in [-0.2, -0.15) is 0 Å². The van der Waals surface area contributed by atoms with Gasteiger partial charge >= 0.3 is 17.9 Å². The van der Waals surface area contributed by atoms with Crippen LogP contribution in [0, 0.1) is 5.92 Å². The smallest absolute Gasteiger partial charge is 0.309 e. The molecule has 0 N–H and O–H groups in total. The number of rotatable bonds is 5. The van der Waals surface area contributed by atoms with Crippen LogP contribution in [-0.4, -0.2) is 36.2 Å². The minimum absolute atomic E-state index is 0.0111. The summed E-state index contributed by atoms with van der Waals surface area (Å²) >= 11 is 0. The van der Waals surface area contributed by atoms with E-state index in [0.717, 1.165) is 0 Å². The van der Waals surface area contributed by atoms with Gasteiger partial charge in [-0.3, -0.25) is 14.4 Å². The summed E-state index contributed by atoms with van der Waals surface area (Å²) in [7, 11) is 0. The lowest BCUT2D eigenvalue weighted by Gasteiger charge is -2.34. The summed E-state index contributed by atoms with van der Waals surface area (Å²) in [6, 6.07) is 0. The van der Waals surface area contributed by atoms with E-state index in [1.165, 1.54) is 0 Å². The van der Waals surface area contributed by atoms with Crippen LogP contribution in [-0.2, 0) is 28.6 Å². The first-order chi connectivity index (χ1) is 9.44. The van der Waals surface area contributed by atoms with E-state index in [9.17, 15) is 14.4 Å². The summed E-state index contributed by atoms with van der Waals surface area (Å²) in [6.07, 6.45) is 1.49. The number of carbonyl (C=O) groups is 3. The molecule has 0 amide bonds. The zero-order valence-electron chi connectivity index (χ0n) is 11.8. The Labute approximate surface area is 117 Å². The second-order valence-electron chi connectivity index (χ2n) is 5.50. The monoisotopic (exact) mass is 284 g/mol. The van der Waals surface area contributed by atoms with Crippen molar-refractivity contribution in [1.82, 2.24) is 0 Å². The minimum Gasteiger partial charge on any atom is -0.466 e. The first-order valence-electron chi connectivity index (χ1n) is 7.02. The SMILES string of the molecule is CCOC(=O)CCC(=O)OC1CCC2CC1(C)OC2=O. The Morgan fingerprint density at radius 3 is 2.70 bits per heavy atom. The zero-order valence-corrected chi connectivity index (χ0v) is 11.8. The van der Waals surface area contributed by atoms with Gasteiger partial charge in [0.25, 0.3) is 0 Å². The van der Waals surface area contributed by atoms with E-state index in [-0.39, 0.29) is 24.7 Å². The molecule has 2 rings (SSSR count). The zero-order chi connectivity index (χ0) is 14.8. The van der Waals surface area contributed by atoms with Gasteiger partial charge in [-0.25, -0.2) is 0 Å². The molecule has 0 radical (unpaired) electrons. The van der Waals surface area contributed by atoms with Crippen LogP contribution in [0.25, 0.3) is 0 Å². The molecular weight excluding hydrogens is 264 g/mol. The molecule has 112 valence electrons. The Morgan fingerprint density at radius 2 is 2.00 bits per heavy atom. The Kier molecular flexibility index (Phi) is 4.30. The van der Waals surface area contributed by atoms with Gasteiger partial charge in [-0.15, -0.1) is 0 Å². The lowest BCUT2D eigenvalue weighted by molar-refractivity contribution is -0.173. The fourth-order valence-electron chi connectivity index (χ4n) is 2.84. The Balaban J connectivity index is 1.82. The molecule has 0 aromatic heterocycles. The highest BCUT2D eigenvalue weighted by molar-refractivity contribution is 5.78. The van der Waals surface area contributed by atoms with Crippen molar-refractivity contribution in [1.29, 1.82) is 0 Å². The van der Waals surface area contributed by atoms with Crippen LogP contribution < -0.4 is 0 Å². The predicted octanol–water partition coefficient (Wildman–Crippen LogP) is 1.36. The summed E-state index contributed by atoms with van der Waals surface area (Å²) in [5.41, 5.74) is -0.709. The van der Waals surface area contributed by atoms with Gasteiger partial charge in [0.1, 0.15) is 11.7 Å². The molecular formula is C14H20O6. The summed E-state index contributed by atoms with van der Waals surface area (Å²) in [4.78, 5) is 34.5. The normalized spacial score (nSPS) is 31.6. The van der Waals surface area contributed by atoms with Crippen LogP contribution in [0.1, 0.15) is 46.0 Å². The average molecular weight is 284 g/mol. The highest BCUT2D eigenvalue weighted by atomic mass is 16.6. The molecule has 1 saturated heterocycles. The van der Waals surface area contributed by atoms with Crippen LogP contribution in [0.2, 0.25) is 0 Å². The van der Waals surface area contributed by atoms with E-state index >= 15 is 0 Å². The van der Waals surface area contributed by atoms with E-state index in [1.807, 2.05) is 0 Å². The van der Waals surface area contributed by atoms with Gasteiger partial charge in [0.05, 0.1) is 25.4 Å². The van der Waals surface area contributed by atoms with Gasteiger partial charge in [0.2, 0.25) is 0 Å². The highest BCUT2D eigenvalue weighted by Gasteiger charge is 2.53. The van der Waals surface area contributed by atoms with E-state index in [1.54, 1.807) is 13.8 Å². The first-order valence-corrected chi connectivity index (χ1v) is 7.02. The fraction of sp³-hybridized carbons (Fsp3) is 0.786. The largest absolute Gasteiger partial charge is 0.466 e. The van der Waals surface area contributed by atoms with Crippen molar-refractivity contribution >= 4 is 17.9 Å². The molecule has 1 aliphatic carbocycles. The molecule has 0 aromatic rings. The van der Waals surface area contributed by atoms with E-state index < -0.39 is 23.6 Å². The fourth-order valence-corrected chi connectivity index (χ4v) is 2.84. The standard InChI is InChI=1S/C14H20O6/c1-3-18-11(15)6-7-12(16)19-10-5-4-9-8-14(10,2)20-13(9)17/h9-10H,3-8H2,1-2H3. The van der Waals surface area contributed by atoms with Gasteiger partial charge < -0.3 is 14.2 Å². The molecule has 1 saturated carbocycles. The van der Waals surface area contributed by atoms with E-state index in [0.29, 0.717) is 25.9 Å². The maximum Gasteiger partial charge on any atom is 0.309 e. The molecule has 2 aliphatic rings. The number of esters is 3. The second-order valence-corrected chi connectivity index (χ2v) is 5.50. The Hall–Kier alpha value is -1.59. The Morgan fingerprint density at radius 1 is 1.30 bits per heavy atom. The van der Waals surface area contributed by atoms with Crippen LogP contribution in [0.15, 0.2) is 0 Å². The number of fused-ring (bicyclic) bond motifs is 2. The molecule has 2 fully saturated rings. The lowest BCUT2D eigenvalue weighted by atomic mass is 9.80. The van der Waals surface area contributed by atoms with Crippen LogP contribution >= 0.6 is 0 Å². The van der Waals surface area contributed by atoms with Crippen LogP contribution in [0.5, 0.6) is 0 Å². The summed E-state index contributed by atoms with van der Waals surface area (Å²) in [5.74, 6) is -1.12. The summed E-state index contributed by atoms with van der Waals surface area (Å²) in [5, 5.41) is 0. The van der Waals surface area contributed by atoms with Crippen molar-refractivity contribution in [2.24, 2.45) is 5.92 Å². The van der Waals surface area contributed by atoms with Crippen molar-refractivity contribution in [2.45, 2.75) is 57.7 Å². The van der Waals surface area contributed by atoms with Crippen LogP contribution in [0.4, 0.5) is 0 Å². The van der Waals surface area contributed by atoms with Crippen molar-refractivity contribution in [3.63, 3.8) is 0 Å². The van der Waals surface area contributed by atoms with Gasteiger partial charge in [0.15, 0.2) is 0 Å². The molecule has 0 spiro atoms. The third-order valence-electron chi connectivity index (χ3n) is 3.89. The van der Waals surface area contributed by atoms with Gasteiger partial charge in [-0.05, 0) is 26.7 Å². The lowest BCUT2D eigenvalue weighted by Crippen LogP contribution is -2.44. The van der Waals surface area contributed by atoms with Gasteiger partial charge in [-0.1, -0.05) is 0 Å². The quantitative estimate of drug-likeness (QED) is 0.560. The molecule has 1 aliphatic heterocycles. The Bertz CT molecular complexity index is 418. The molecule has 6 nitrogen and oxygen atoms in total. The second kappa shape index (κ2) is 5.81. The maximum atomic E-state index is 11.7. The summed E-state index contributed by atoms with van der Waals surface area (Å²) in [6.45, 7) is 3.81. The molecule has 3 atom stereocenters. The number of ether oxygens (including phenoxy) is 3. The van der Waals surface area contributed by atoms with Gasteiger partial charge in [0, 0.05) is 6.42 Å². The number of hydrogen-bond donors (Lipinski definition) is 0. The molecule has 0 aromatic carbocycles. The van der Waals surface area contributed by atoms with E-state index in [2.05, 4.69) is 0 Å². The van der Waals surface area contributed by atoms with Crippen LogP contribution in [0.3, 0.4) is 0 Å². The number of hydrogen-bond acceptors (Lipinski definition) is 6. The third-order valence-corrected chi connectivity index (χ3v) is 3.89. The van der Waals surface area contributed by atoms with Crippen molar-refractivity contribution < 1.29 is 28.6 Å². The highest BCUT2D eigenvalue weighted by Crippen LogP contribution is 2.43. The third kappa shape index (κ3) is 3.11. The molecule has 20 heavy (non-hydrogen) atoms. The minimum atomic E-state index is -0.709. The average Bonchev–Trinajstić information content (AvgIpc) is 2.62. The molecule has 6 heteroatoms. The van der Waals surface area contributed by atoms with Crippen molar-refractivity contribution in [3.05, 3.63) is 0 Å². The molecule has 3 unspecified atom stereocenters. The summed E-state index contributed by atoms with van der Waals surface area (Å²) < 4.78 is 15.5. The number of carbonyl (C=O) groups excluding carboxylic acids is 3. The first kappa shape index (κ1) is 14.8. The molecule has 1 heterocycles. The molecule has 2 bridgehead atoms.